The number of nitrogens with zero attached hydrogens (tertiary/aromatic N) is 1. The molecule has 3 rings (SSSR count). The molecule has 0 saturated carbocycles. The number of amides is 1. The van der Waals surface area contributed by atoms with E-state index in [1.807, 2.05) is 6.07 Å². The number of anilines is 1. The monoisotopic (exact) mass is 288 g/mol. The molecule has 0 fully saturated rings. The lowest BCUT2D eigenvalue weighted by Crippen LogP contribution is -2.20. The maximum absolute atomic E-state index is 13.8. The van der Waals surface area contributed by atoms with Gasteiger partial charge in [0.15, 0.2) is 0 Å². The summed E-state index contributed by atoms with van der Waals surface area (Å²) in [5.74, 6) is -1.29. The molecular weight excluding hydrogens is 274 g/mol. The summed E-state index contributed by atoms with van der Waals surface area (Å²) in [5.41, 5.74) is 8.71. The van der Waals surface area contributed by atoms with Crippen molar-refractivity contribution in [2.45, 2.75) is 12.5 Å². The van der Waals surface area contributed by atoms with Gasteiger partial charge in [-0.15, -0.1) is 0 Å². The van der Waals surface area contributed by atoms with Gasteiger partial charge in [0.25, 0.3) is 0 Å². The van der Waals surface area contributed by atoms with Crippen LogP contribution in [0.1, 0.15) is 22.7 Å². The third kappa shape index (κ3) is 2.29. The van der Waals surface area contributed by atoms with Crippen molar-refractivity contribution in [1.29, 1.82) is 0 Å². The van der Waals surface area contributed by atoms with Gasteiger partial charge in [0.2, 0.25) is 5.91 Å². The first-order valence-electron chi connectivity index (χ1n) is 6.57. The highest BCUT2D eigenvalue weighted by Crippen LogP contribution is 2.31. The largest absolute Gasteiger partial charge is 0.320 e. The molecule has 1 heterocycles. The van der Waals surface area contributed by atoms with Crippen molar-refractivity contribution in [3.8, 4) is 0 Å². The minimum atomic E-state index is -0.697. The first kappa shape index (κ1) is 13.7. The molecule has 1 amide bonds. The Morgan fingerprint density at radius 2 is 1.95 bits per heavy atom. The number of benzene rings is 2. The van der Waals surface area contributed by atoms with Crippen LogP contribution < -0.4 is 10.6 Å². The Kier molecular flexibility index (Phi) is 3.22. The fraction of sp³-hybridized carbons (Fsp3) is 0.188. The second-order valence-corrected chi connectivity index (χ2v) is 5.16. The van der Waals surface area contributed by atoms with Crippen LogP contribution in [0.15, 0.2) is 36.4 Å². The normalized spacial score (nSPS) is 15.2. The minimum absolute atomic E-state index is 0.0173. The topological polar surface area (TPSA) is 46.3 Å². The maximum Gasteiger partial charge on any atom is 0.231 e. The average molecular weight is 288 g/mol. The molecule has 2 aromatic rings. The predicted octanol–water partition coefficient (Wildman–Crippen LogP) is 2.53. The van der Waals surface area contributed by atoms with Crippen molar-refractivity contribution in [3.63, 3.8) is 0 Å². The summed E-state index contributed by atoms with van der Waals surface area (Å²) in [5, 5.41) is 0. The number of halogens is 2. The molecule has 0 radical (unpaired) electrons. The lowest BCUT2D eigenvalue weighted by Gasteiger charge is -2.16. The number of rotatable bonds is 2. The fourth-order valence-electron chi connectivity index (χ4n) is 2.62. The summed E-state index contributed by atoms with van der Waals surface area (Å²) in [7, 11) is 1.72. The number of likely N-dealkylation sites (N-methyl/N-ethyl adjacent to an activating group) is 1. The molecule has 1 unspecified atom stereocenters. The molecule has 0 aliphatic carbocycles. The van der Waals surface area contributed by atoms with Gasteiger partial charge in [-0.3, -0.25) is 4.79 Å². The molecular formula is C16H14F2N2O. The van der Waals surface area contributed by atoms with Crippen molar-refractivity contribution in [3.05, 3.63) is 64.7 Å². The zero-order valence-corrected chi connectivity index (χ0v) is 11.4. The van der Waals surface area contributed by atoms with E-state index in [4.69, 9.17) is 5.73 Å². The second kappa shape index (κ2) is 4.93. The van der Waals surface area contributed by atoms with Crippen molar-refractivity contribution < 1.29 is 13.6 Å². The Bertz CT molecular complexity index is 730. The third-order valence-corrected chi connectivity index (χ3v) is 3.84. The summed E-state index contributed by atoms with van der Waals surface area (Å²) in [4.78, 5) is 13.3. The first-order chi connectivity index (χ1) is 9.97. The average Bonchev–Trinajstić information content (AvgIpc) is 2.73. The van der Waals surface area contributed by atoms with Crippen LogP contribution >= 0.6 is 0 Å². The zero-order valence-electron chi connectivity index (χ0n) is 11.4. The van der Waals surface area contributed by atoms with Gasteiger partial charge in [0.05, 0.1) is 12.5 Å². The SMILES string of the molecule is CN1C(=O)Cc2cc(C(N)c3ccc(F)cc3F)ccc21. The molecule has 5 heteroatoms. The number of nitrogens with two attached hydrogens (primary N) is 1. The molecule has 1 aliphatic rings. The summed E-state index contributed by atoms with van der Waals surface area (Å²) in [6.45, 7) is 0. The fourth-order valence-corrected chi connectivity index (χ4v) is 2.62. The molecule has 1 atom stereocenters. The van der Waals surface area contributed by atoms with Crippen LogP contribution in [0.2, 0.25) is 0 Å². The van der Waals surface area contributed by atoms with Gasteiger partial charge in [-0.25, -0.2) is 8.78 Å². The third-order valence-electron chi connectivity index (χ3n) is 3.84. The Balaban J connectivity index is 1.98. The van der Waals surface area contributed by atoms with E-state index in [1.54, 1.807) is 24.1 Å². The Morgan fingerprint density at radius 3 is 2.67 bits per heavy atom. The van der Waals surface area contributed by atoms with E-state index in [0.717, 1.165) is 17.3 Å². The number of carbonyl (C=O) groups excluding carboxylic acids is 1. The standard InChI is InChI=1S/C16H14F2N2O/c1-20-14-5-2-9(6-10(14)7-15(20)21)16(19)12-4-3-11(17)8-13(12)18/h2-6,8,16H,7,19H2,1H3. The molecule has 21 heavy (non-hydrogen) atoms. The van der Waals surface area contributed by atoms with Crippen LogP contribution in [-0.2, 0) is 11.2 Å². The highest BCUT2D eigenvalue weighted by molar-refractivity contribution is 6.00. The van der Waals surface area contributed by atoms with Gasteiger partial charge in [0.1, 0.15) is 11.6 Å². The van der Waals surface area contributed by atoms with Crippen LogP contribution in [0.25, 0.3) is 0 Å². The quantitative estimate of drug-likeness (QED) is 0.923. The maximum atomic E-state index is 13.8. The Hall–Kier alpha value is -2.27. The van der Waals surface area contributed by atoms with Crippen LogP contribution in [-0.4, -0.2) is 13.0 Å². The smallest absolute Gasteiger partial charge is 0.231 e. The number of carbonyl (C=O) groups is 1. The summed E-state index contributed by atoms with van der Waals surface area (Å²) < 4.78 is 26.8. The predicted molar refractivity (Wildman–Crippen MR) is 75.9 cm³/mol. The van der Waals surface area contributed by atoms with Gasteiger partial charge in [-0.2, -0.15) is 0 Å². The molecule has 1 aliphatic heterocycles. The van der Waals surface area contributed by atoms with E-state index in [9.17, 15) is 13.6 Å². The summed E-state index contributed by atoms with van der Waals surface area (Å²) in [6, 6.07) is 8.03. The van der Waals surface area contributed by atoms with Crippen molar-refractivity contribution >= 4 is 11.6 Å². The van der Waals surface area contributed by atoms with E-state index in [0.29, 0.717) is 12.0 Å². The molecule has 2 N–H and O–H groups in total. The zero-order chi connectivity index (χ0) is 15.1. The summed E-state index contributed by atoms with van der Waals surface area (Å²) >= 11 is 0. The lowest BCUT2D eigenvalue weighted by atomic mass is 9.96. The van der Waals surface area contributed by atoms with E-state index < -0.39 is 17.7 Å². The first-order valence-corrected chi connectivity index (χ1v) is 6.57. The number of hydrogen-bond donors (Lipinski definition) is 1. The molecule has 0 aromatic heterocycles. The lowest BCUT2D eigenvalue weighted by molar-refractivity contribution is -0.117. The number of fused-ring (bicyclic) bond motifs is 1. The van der Waals surface area contributed by atoms with Crippen LogP contribution in [0.5, 0.6) is 0 Å². The molecule has 0 bridgehead atoms. The van der Waals surface area contributed by atoms with Crippen molar-refractivity contribution in [2.75, 3.05) is 11.9 Å². The van der Waals surface area contributed by atoms with E-state index in [2.05, 4.69) is 0 Å². The van der Waals surface area contributed by atoms with Crippen molar-refractivity contribution in [1.82, 2.24) is 0 Å². The van der Waals surface area contributed by atoms with E-state index in [1.165, 1.54) is 12.1 Å². The van der Waals surface area contributed by atoms with Gasteiger partial charge >= 0.3 is 0 Å². The molecule has 0 spiro atoms. The molecule has 108 valence electrons. The second-order valence-electron chi connectivity index (χ2n) is 5.16. The van der Waals surface area contributed by atoms with Crippen molar-refractivity contribution in [2.24, 2.45) is 5.73 Å². The van der Waals surface area contributed by atoms with Crippen LogP contribution in [0.4, 0.5) is 14.5 Å². The van der Waals surface area contributed by atoms with E-state index in [-0.39, 0.29) is 11.5 Å². The number of hydrogen-bond acceptors (Lipinski definition) is 2. The van der Waals surface area contributed by atoms with Crippen LogP contribution in [0, 0.1) is 11.6 Å². The van der Waals surface area contributed by atoms with Crippen LogP contribution in [0.3, 0.4) is 0 Å². The molecule has 2 aromatic carbocycles. The Morgan fingerprint density at radius 1 is 1.19 bits per heavy atom. The van der Waals surface area contributed by atoms with Gasteiger partial charge < -0.3 is 10.6 Å². The molecule has 0 saturated heterocycles. The van der Waals surface area contributed by atoms with Gasteiger partial charge in [-0.05, 0) is 23.3 Å². The van der Waals surface area contributed by atoms with E-state index >= 15 is 0 Å². The minimum Gasteiger partial charge on any atom is -0.320 e. The highest BCUT2D eigenvalue weighted by Gasteiger charge is 2.25. The van der Waals surface area contributed by atoms with Gasteiger partial charge in [-0.1, -0.05) is 18.2 Å². The molecule has 3 nitrogen and oxygen atoms in total. The Labute approximate surface area is 121 Å². The highest BCUT2D eigenvalue weighted by atomic mass is 19.1. The summed E-state index contributed by atoms with van der Waals surface area (Å²) in [6.07, 6.45) is 0.318. The van der Waals surface area contributed by atoms with Gasteiger partial charge in [0, 0.05) is 24.4 Å².